The summed E-state index contributed by atoms with van der Waals surface area (Å²) in [5.41, 5.74) is 0.642. The molecule has 3 atom stereocenters. The molecule has 3 rings (SSSR count). The number of benzene rings is 1. The highest BCUT2D eigenvalue weighted by atomic mass is 16.4. The lowest BCUT2D eigenvalue weighted by Gasteiger charge is -2.40. The summed E-state index contributed by atoms with van der Waals surface area (Å²) in [4.78, 5) is 51.1. The van der Waals surface area contributed by atoms with Crippen LogP contribution in [0.1, 0.15) is 34.6 Å². The number of nitrogens with zero attached hydrogens (tertiary/aromatic N) is 2. The Labute approximate surface area is 138 Å². The molecule has 1 fully saturated rings. The summed E-state index contributed by atoms with van der Waals surface area (Å²) in [6.45, 7) is 3.34. The second kappa shape index (κ2) is 5.74. The van der Waals surface area contributed by atoms with Crippen molar-refractivity contribution in [2.24, 2.45) is 11.8 Å². The molecule has 1 aromatic carbocycles. The lowest BCUT2D eigenvalue weighted by Crippen LogP contribution is -2.57. The van der Waals surface area contributed by atoms with E-state index < -0.39 is 35.8 Å². The zero-order valence-electron chi connectivity index (χ0n) is 13.4. The number of piperidine rings is 1. The number of fused-ring (bicyclic) bond motifs is 1. The second-order valence-electron chi connectivity index (χ2n) is 6.35. The summed E-state index contributed by atoms with van der Waals surface area (Å²) in [6.07, 6.45) is -1.10. The zero-order chi connectivity index (χ0) is 17.6. The molecule has 126 valence electrons. The van der Waals surface area contributed by atoms with E-state index in [4.69, 9.17) is 0 Å². The van der Waals surface area contributed by atoms with Crippen LogP contribution < -0.4 is 0 Å². The minimum atomic E-state index is -1.10. The average Bonchev–Trinajstić information content (AvgIpc) is 2.79. The molecule has 0 saturated carbocycles. The monoisotopic (exact) mass is 330 g/mol. The van der Waals surface area contributed by atoms with Crippen LogP contribution in [0.3, 0.4) is 0 Å². The van der Waals surface area contributed by atoms with Crippen LogP contribution in [-0.2, 0) is 4.79 Å². The molecule has 1 aromatic rings. The summed E-state index contributed by atoms with van der Waals surface area (Å²) in [5, 5.41) is 9.30. The maximum atomic E-state index is 12.5. The third-order valence-corrected chi connectivity index (χ3v) is 4.90. The van der Waals surface area contributed by atoms with Crippen LogP contribution in [0.15, 0.2) is 24.3 Å². The van der Waals surface area contributed by atoms with E-state index in [1.807, 2.05) is 0 Å². The fraction of sp³-hybridized carbons (Fsp3) is 0.412. The van der Waals surface area contributed by atoms with Gasteiger partial charge in [0.1, 0.15) is 5.78 Å². The lowest BCUT2D eigenvalue weighted by molar-refractivity contribution is -0.132. The zero-order valence-corrected chi connectivity index (χ0v) is 13.4. The lowest BCUT2D eigenvalue weighted by atomic mass is 9.83. The van der Waals surface area contributed by atoms with Gasteiger partial charge >= 0.3 is 6.09 Å². The van der Waals surface area contributed by atoms with E-state index in [0.29, 0.717) is 11.1 Å². The van der Waals surface area contributed by atoms with Gasteiger partial charge in [-0.05, 0) is 19.1 Å². The molecule has 2 aliphatic heterocycles. The van der Waals surface area contributed by atoms with Crippen LogP contribution in [0.5, 0.6) is 0 Å². The minimum absolute atomic E-state index is 0.0968. The van der Waals surface area contributed by atoms with Gasteiger partial charge in [-0.25, -0.2) is 4.79 Å². The van der Waals surface area contributed by atoms with Crippen LogP contribution in [0, 0.1) is 11.8 Å². The molecule has 0 aromatic heterocycles. The predicted octanol–water partition coefficient (Wildman–Crippen LogP) is 1.49. The molecule has 0 spiro atoms. The first kappa shape index (κ1) is 16.2. The highest BCUT2D eigenvalue weighted by Gasteiger charge is 2.45. The molecule has 0 radical (unpaired) electrons. The van der Waals surface area contributed by atoms with Crippen LogP contribution in [-0.4, -0.2) is 57.7 Å². The Morgan fingerprint density at radius 3 is 2.17 bits per heavy atom. The fourth-order valence-electron chi connectivity index (χ4n) is 3.47. The topological polar surface area (TPSA) is 95.0 Å². The summed E-state index contributed by atoms with van der Waals surface area (Å²) in [6, 6.07) is 5.92. The number of imide groups is 1. The van der Waals surface area contributed by atoms with Gasteiger partial charge in [0.2, 0.25) is 0 Å². The Bertz CT molecular complexity index is 709. The third kappa shape index (κ3) is 2.36. The van der Waals surface area contributed by atoms with Gasteiger partial charge in [-0.15, -0.1) is 0 Å². The predicted molar refractivity (Wildman–Crippen MR) is 83.7 cm³/mol. The summed E-state index contributed by atoms with van der Waals surface area (Å²) >= 11 is 0. The summed E-state index contributed by atoms with van der Waals surface area (Å²) in [7, 11) is 0. The largest absolute Gasteiger partial charge is 0.465 e. The standard InChI is InChI=1S/C17H18N2O5/c1-9-7-18(17(23)24)10(2)13(14(9)20)8-19-15(21)11-5-3-4-6-12(11)16(19)22/h3-6,9-10,13H,7-8H2,1-2H3,(H,23,24). The highest BCUT2D eigenvalue weighted by Crippen LogP contribution is 2.29. The van der Waals surface area contributed by atoms with Gasteiger partial charge in [0, 0.05) is 25.0 Å². The smallest absolute Gasteiger partial charge is 0.407 e. The van der Waals surface area contributed by atoms with Crippen molar-refractivity contribution in [2.45, 2.75) is 19.9 Å². The Morgan fingerprint density at radius 1 is 1.12 bits per heavy atom. The van der Waals surface area contributed by atoms with E-state index in [1.165, 1.54) is 4.90 Å². The Balaban J connectivity index is 1.87. The molecule has 7 nitrogen and oxygen atoms in total. The molecule has 0 bridgehead atoms. The number of carbonyl (C=O) groups is 4. The molecule has 3 unspecified atom stereocenters. The molecule has 7 heteroatoms. The average molecular weight is 330 g/mol. The Kier molecular flexibility index (Phi) is 3.87. The molecular weight excluding hydrogens is 312 g/mol. The Morgan fingerprint density at radius 2 is 1.67 bits per heavy atom. The van der Waals surface area contributed by atoms with Crippen molar-refractivity contribution < 1.29 is 24.3 Å². The van der Waals surface area contributed by atoms with Gasteiger partial charge in [-0.2, -0.15) is 0 Å². The third-order valence-electron chi connectivity index (χ3n) is 4.90. The van der Waals surface area contributed by atoms with Gasteiger partial charge in [-0.1, -0.05) is 19.1 Å². The van der Waals surface area contributed by atoms with Gasteiger partial charge in [0.25, 0.3) is 11.8 Å². The molecule has 24 heavy (non-hydrogen) atoms. The first-order valence-electron chi connectivity index (χ1n) is 7.81. The van der Waals surface area contributed by atoms with Crippen molar-refractivity contribution in [2.75, 3.05) is 13.1 Å². The van der Waals surface area contributed by atoms with Gasteiger partial charge in [0.05, 0.1) is 17.0 Å². The van der Waals surface area contributed by atoms with Crippen LogP contribution in [0.25, 0.3) is 0 Å². The van der Waals surface area contributed by atoms with E-state index in [1.54, 1.807) is 38.1 Å². The SMILES string of the molecule is CC1CN(C(=O)O)C(C)C(CN2C(=O)c3ccccc3C2=O)C1=O. The number of hydrogen-bond acceptors (Lipinski definition) is 4. The molecule has 2 aliphatic rings. The first-order valence-corrected chi connectivity index (χ1v) is 7.81. The quantitative estimate of drug-likeness (QED) is 0.829. The van der Waals surface area contributed by atoms with Gasteiger partial charge in [0.15, 0.2) is 0 Å². The fourth-order valence-corrected chi connectivity index (χ4v) is 3.47. The Hall–Kier alpha value is -2.70. The first-order chi connectivity index (χ1) is 11.3. The van der Waals surface area contributed by atoms with Crippen molar-refractivity contribution in [1.29, 1.82) is 0 Å². The van der Waals surface area contributed by atoms with Crippen LogP contribution in [0.2, 0.25) is 0 Å². The van der Waals surface area contributed by atoms with E-state index in [9.17, 15) is 24.3 Å². The maximum Gasteiger partial charge on any atom is 0.407 e. The number of hydrogen-bond donors (Lipinski definition) is 1. The number of carbonyl (C=O) groups excluding carboxylic acids is 3. The molecule has 0 aliphatic carbocycles. The van der Waals surface area contributed by atoms with Crippen LogP contribution in [0.4, 0.5) is 4.79 Å². The van der Waals surface area contributed by atoms with Gasteiger partial charge in [-0.3, -0.25) is 19.3 Å². The van der Waals surface area contributed by atoms with Crippen LogP contribution >= 0.6 is 0 Å². The number of likely N-dealkylation sites (tertiary alicyclic amines) is 1. The number of Topliss-reactive ketones (excluding diaryl/α,β-unsaturated/α-hetero) is 1. The summed E-state index contributed by atoms with van der Waals surface area (Å²) < 4.78 is 0. The molecule has 2 heterocycles. The molecule has 3 amide bonds. The van der Waals surface area contributed by atoms with Crippen molar-refractivity contribution in [3.63, 3.8) is 0 Å². The van der Waals surface area contributed by atoms with Gasteiger partial charge < -0.3 is 10.0 Å². The van der Waals surface area contributed by atoms with E-state index in [0.717, 1.165) is 4.90 Å². The molecular formula is C17H18N2O5. The number of amides is 3. The number of ketones is 1. The molecule has 1 saturated heterocycles. The normalized spacial score (nSPS) is 26.8. The highest BCUT2D eigenvalue weighted by molar-refractivity contribution is 6.21. The maximum absolute atomic E-state index is 12.5. The van der Waals surface area contributed by atoms with E-state index >= 15 is 0 Å². The van der Waals surface area contributed by atoms with Crippen molar-refractivity contribution >= 4 is 23.7 Å². The van der Waals surface area contributed by atoms with Crippen molar-refractivity contribution in [3.8, 4) is 0 Å². The minimum Gasteiger partial charge on any atom is -0.465 e. The number of carboxylic acid groups (broad SMARTS) is 1. The van der Waals surface area contributed by atoms with E-state index in [2.05, 4.69) is 0 Å². The summed E-state index contributed by atoms with van der Waals surface area (Å²) in [5.74, 6) is -2.16. The van der Waals surface area contributed by atoms with Crippen molar-refractivity contribution in [3.05, 3.63) is 35.4 Å². The second-order valence-corrected chi connectivity index (χ2v) is 6.35. The molecule has 1 N–H and O–H groups in total. The van der Waals surface area contributed by atoms with E-state index in [-0.39, 0.29) is 18.9 Å². The number of rotatable bonds is 2. The van der Waals surface area contributed by atoms with Crippen molar-refractivity contribution in [1.82, 2.24) is 9.80 Å².